The molecular weight excluding hydrogens is 318 g/mol. The van der Waals surface area contributed by atoms with E-state index in [9.17, 15) is 0 Å². The van der Waals surface area contributed by atoms with E-state index in [2.05, 4.69) is 83.8 Å². The van der Waals surface area contributed by atoms with Crippen LogP contribution in [0.15, 0.2) is 51.8 Å². The molecule has 0 saturated carbocycles. The molecule has 1 N–H and O–H groups in total. The monoisotopic (exact) mass is 335 g/mol. The van der Waals surface area contributed by atoms with Gasteiger partial charge in [-0.15, -0.1) is 11.8 Å². The SMILES string of the molecule is CSc1ccc(C(C)Nc2cc(C)ccc2Br)cc1. The Hall–Kier alpha value is -0.930. The van der Waals surface area contributed by atoms with Crippen molar-refractivity contribution >= 4 is 33.4 Å². The minimum Gasteiger partial charge on any atom is -0.378 e. The summed E-state index contributed by atoms with van der Waals surface area (Å²) < 4.78 is 1.10. The number of thioether (sulfide) groups is 1. The summed E-state index contributed by atoms with van der Waals surface area (Å²) in [5, 5.41) is 3.55. The first-order valence-corrected chi connectivity index (χ1v) is 8.28. The average molecular weight is 336 g/mol. The van der Waals surface area contributed by atoms with E-state index in [1.807, 2.05) is 0 Å². The summed E-state index contributed by atoms with van der Waals surface area (Å²) in [7, 11) is 0. The summed E-state index contributed by atoms with van der Waals surface area (Å²) in [4.78, 5) is 1.30. The van der Waals surface area contributed by atoms with Crippen LogP contribution in [0.1, 0.15) is 24.1 Å². The maximum absolute atomic E-state index is 3.59. The highest BCUT2D eigenvalue weighted by Gasteiger charge is 2.07. The number of hydrogen-bond acceptors (Lipinski definition) is 2. The fourth-order valence-electron chi connectivity index (χ4n) is 1.96. The second kappa shape index (κ2) is 6.49. The molecule has 0 saturated heterocycles. The standard InChI is InChI=1S/C16H18BrNS/c1-11-4-9-15(17)16(10-11)18-12(2)13-5-7-14(19-3)8-6-13/h4-10,12,18H,1-3H3. The van der Waals surface area contributed by atoms with Crippen molar-refractivity contribution in [1.29, 1.82) is 0 Å². The Labute approximate surface area is 127 Å². The maximum Gasteiger partial charge on any atom is 0.0491 e. The first-order chi connectivity index (χ1) is 9.10. The third-order valence-electron chi connectivity index (χ3n) is 3.11. The van der Waals surface area contributed by atoms with Crippen molar-refractivity contribution in [1.82, 2.24) is 0 Å². The molecular formula is C16H18BrNS. The summed E-state index contributed by atoms with van der Waals surface area (Å²) in [6.07, 6.45) is 2.10. The highest BCUT2D eigenvalue weighted by Crippen LogP contribution is 2.28. The second-order valence-electron chi connectivity index (χ2n) is 4.62. The third kappa shape index (κ3) is 3.77. The average Bonchev–Trinajstić information content (AvgIpc) is 2.43. The van der Waals surface area contributed by atoms with Gasteiger partial charge < -0.3 is 5.32 Å². The van der Waals surface area contributed by atoms with Gasteiger partial charge in [0.05, 0.1) is 0 Å². The van der Waals surface area contributed by atoms with Gasteiger partial charge in [-0.2, -0.15) is 0 Å². The van der Waals surface area contributed by atoms with E-state index in [-0.39, 0.29) is 6.04 Å². The van der Waals surface area contributed by atoms with Crippen LogP contribution in [0, 0.1) is 6.92 Å². The summed E-state index contributed by atoms with van der Waals surface area (Å²) in [5.74, 6) is 0. The quantitative estimate of drug-likeness (QED) is 0.724. The molecule has 0 fully saturated rings. The first-order valence-electron chi connectivity index (χ1n) is 6.27. The van der Waals surface area contributed by atoms with Gasteiger partial charge >= 0.3 is 0 Å². The molecule has 19 heavy (non-hydrogen) atoms. The Bertz CT molecular complexity index is 551. The number of hydrogen-bond donors (Lipinski definition) is 1. The van der Waals surface area contributed by atoms with Gasteiger partial charge in [0.25, 0.3) is 0 Å². The predicted molar refractivity (Wildman–Crippen MR) is 89.1 cm³/mol. The van der Waals surface area contributed by atoms with E-state index in [0.29, 0.717) is 0 Å². The Morgan fingerprint density at radius 2 is 1.79 bits per heavy atom. The lowest BCUT2D eigenvalue weighted by Gasteiger charge is -2.17. The molecule has 0 aliphatic carbocycles. The van der Waals surface area contributed by atoms with Gasteiger partial charge in [0, 0.05) is 21.1 Å². The summed E-state index contributed by atoms with van der Waals surface area (Å²) in [6.45, 7) is 4.29. The van der Waals surface area contributed by atoms with Crippen molar-refractivity contribution in [2.75, 3.05) is 11.6 Å². The van der Waals surface area contributed by atoms with Gasteiger partial charge in [0.2, 0.25) is 0 Å². The minimum atomic E-state index is 0.286. The van der Waals surface area contributed by atoms with Crippen molar-refractivity contribution in [3.63, 3.8) is 0 Å². The predicted octanol–water partition coefficient (Wildman–Crippen LogP) is 5.65. The number of aryl methyl sites for hydroxylation is 1. The molecule has 0 heterocycles. The van der Waals surface area contributed by atoms with E-state index in [1.54, 1.807) is 11.8 Å². The van der Waals surface area contributed by atoms with Gasteiger partial charge in [-0.3, -0.25) is 0 Å². The first kappa shape index (κ1) is 14.5. The van der Waals surface area contributed by atoms with E-state index in [4.69, 9.17) is 0 Å². The zero-order valence-electron chi connectivity index (χ0n) is 11.4. The summed E-state index contributed by atoms with van der Waals surface area (Å²) in [6, 6.07) is 15.4. The van der Waals surface area contributed by atoms with Crippen LogP contribution in [-0.4, -0.2) is 6.26 Å². The number of halogens is 1. The molecule has 1 unspecified atom stereocenters. The Morgan fingerprint density at radius 1 is 1.11 bits per heavy atom. The molecule has 3 heteroatoms. The van der Waals surface area contributed by atoms with Gasteiger partial charge in [-0.25, -0.2) is 0 Å². The number of nitrogens with one attached hydrogen (secondary N) is 1. The molecule has 1 atom stereocenters. The van der Waals surface area contributed by atoms with Crippen LogP contribution in [0.2, 0.25) is 0 Å². The summed E-state index contributed by atoms with van der Waals surface area (Å²) >= 11 is 5.36. The van der Waals surface area contributed by atoms with Crippen molar-refractivity contribution in [3.8, 4) is 0 Å². The van der Waals surface area contributed by atoms with Crippen LogP contribution in [0.3, 0.4) is 0 Å². The van der Waals surface area contributed by atoms with Crippen LogP contribution in [0.4, 0.5) is 5.69 Å². The molecule has 0 aromatic heterocycles. The molecule has 2 aromatic carbocycles. The Kier molecular flexibility index (Phi) is 4.94. The number of benzene rings is 2. The van der Waals surface area contributed by atoms with Crippen molar-refractivity contribution in [2.45, 2.75) is 24.8 Å². The highest BCUT2D eigenvalue weighted by atomic mass is 79.9. The minimum absolute atomic E-state index is 0.286. The maximum atomic E-state index is 3.59. The van der Waals surface area contributed by atoms with Crippen molar-refractivity contribution in [3.05, 3.63) is 58.1 Å². The van der Waals surface area contributed by atoms with Crippen LogP contribution < -0.4 is 5.32 Å². The molecule has 0 aliphatic rings. The molecule has 2 aromatic rings. The molecule has 2 rings (SSSR count). The van der Waals surface area contributed by atoms with Crippen LogP contribution >= 0.6 is 27.7 Å². The molecule has 0 radical (unpaired) electrons. The Morgan fingerprint density at radius 3 is 2.42 bits per heavy atom. The van der Waals surface area contributed by atoms with Gasteiger partial charge in [-0.05, 0) is 71.4 Å². The molecule has 0 spiro atoms. The van der Waals surface area contributed by atoms with Crippen LogP contribution in [0.5, 0.6) is 0 Å². The lowest BCUT2D eigenvalue weighted by molar-refractivity contribution is 0.881. The fourth-order valence-corrected chi connectivity index (χ4v) is 2.73. The summed E-state index contributed by atoms with van der Waals surface area (Å²) in [5.41, 5.74) is 3.70. The van der Waals surface area contributed by atoms with Crippen molar-refractivity contribution in [2.24, 2.45) is 0 Å². The fraction of sp³-hybridized carbons (Fsp3) is 0.250. The van der Waals surface area contributed by atoms with E-state index < -0.39 is 0 Å². The van der Waals surface area contributed by atoms with Crippen LogP contribution in [0.25, 0.3) is 0 Å². The lowest BCUT2D eigenvalue weighted by atomic mass is 10.1. The second-order valence-corrected chi connectivity index (χ2v) is 6.36. The number of rotatable bonds is 4. The Balaban J connectivity index is 2.15. The molecule has 1 nitrogen and oxygen atoms in total. The molecule has 0 bridgehead atoms. The van der Waals surface area contributed by atoms with Crippen LogP contribution in [-0.2, 0) is 0 Å². The smallest absolute Gasteiger partial charge is 0.0491 e. The van der Waals surface area contributed by atoms with Crippen molar-refractivity contribution < 1.29 is 0 Å². The van der Waals surface area contributed by atoms with Gasteiger partial charge in [-0.1, -0.05) is 18.2 Å². The molecule has 0 amide bonds. The number of anilines is 1. The highest BCUT2D eigenvalue weighted by molar-refractivity contribution is 9.10. The zero-order chi connectivity index (χ0) is 13.8. The molecule has 0 aliphatic heterocycles. The topological polar surface area (TPSA) is 12.0 Å². The largest absolute Gasteiger partial charge is 0.378 e. The zero-order valence-corrected chi connectivity index (χ0v) is 13.8. The van der Waals surface area contributed by atoms with E-state index in [1.165, 1.54) is 16.0 Å². The molecule has 100 valence electrons. The van der Waals surface area contributed by atoms with E-state index >= 15 is 0 Å². The van der Waals surface area contributed by atoms with Gasteiger partial charge in [0.1, 0.15) is 0 Å². The van der Waals surface area contributed by atoms with Gasteiger partial charge in [0.15, 0.2) is 0 Å². The normalized spacial score (nSPS) is 12.2. The lowest BCUT2D eigenvalue weighted by Crippen LogP contribution is -2.07. The van der Waals surface area contributed by atoms with E-state index in [0.717, 1.165) is 10.2 Å². The third-order valence-corrected chi connectivity index (χ3v) is 4.54.